The predicted octanol–water partition coefficient (Wildman–Crippen LogP) is 1.55. The molecule has 0 spiro atoms. The first kappa shape index (κ1) is 12.8. The van der Waals surface area contributed by atoms with E-state index in [4.69, 9.17) is 20.6 Å². The molecule has 0 radical (unpaired) electrons. The van der Waals surface area contributed by atoms with E-state index in [0.717, 1.165) is 0 Å². The molecule has 17 heavy (non-hydrogen) atoms. The molecule has 0 bridgehead atoms. The Labute approximate surface area is 97.8 Å². The Morgan fingerprint density at radius 1 is 1.59 bits per heavy atom. The fourth-order valence-corrected chi connectivity index (χ4v) is 1.29. The number of hydrogen-bond acceptors (Lipinski definition) is 6. The second-order valence-corrected chi connectivity index (χ2v) is 3.13. The van der Waals surface area contributed by atoms with E-state index in [2.05, 4.69) is 0 Å². The molecule has 0 fully saturated rings. The van der Waals surface area contributed by atoms with E-state index < -0.39 is 4.92 Å². The van der Waals surface area contributed by atoms with Crippen molar-refractivity contribution in [1.29, 1.82) is 5.41 Å². The third-order valence-corrected chi connectivity index (χ3v) is 2.09. The van der Waals surface area contributed by atoms with Gasteiger partial charge in [0.25, 0.3) is 5.69 Å². The standard InChI is InChI=1S/C10H13N3O4/c1-3-17-10(12)6-4-7(13(14)15)9(11)8(5-6)16-2/h4-5,12H,3,11H2,1-2H3. The summed E-state index contributed by atoms with van der Waals surface area (Å²) < 4.78 is 9.89. The van der Waals surface area contributed by atoms with E-state index in [0.29, 0.717) is 6.61 Å². The molecule has 0 atom stereocenters. The monoisotopic (exact) mass is 239 g/mol. The van der Waals surface area contributed by atoms with Gasteiger partial charge in [-0.25, -0.2) is 0 Å². The number of nitro benzene ring substituents is 1. The van der Waals surface area contributed by atoms with Crippen molar-refractivity contribution < 1.29 is 14.4 Å². The van der Waals surface area contributed by atoms with Gasteiger partial charge in [0, 0.05) is 11.6 Å². The zero-order valence-corrected chi connectivity index (χ0v) is 9.52. The van der Waals surface area contributed by atoms with Crippen molar-refractivity contribution in [2.45, 2.75) is 6.92 Å². The van der Waals surface area contributed by atoms with Crippen molar-refractivity contribution in [2.24, 2.45) is 0 Å². The van der Waals surface area contributed by atoms with Gasteiger partial charge in [-0.15, -0.1) is 0 Å². The zero-order chi connectivity index (χ0) is 13.0. The Bertz CT molecular complexity index is 459. The van der Waals surface area contributed by atoms with E-state index in [1.165, 1.54) is 19.2 Å². The lowest BCUT2D eigenvalue weighted by molar-refractivity contribution is -0.384. The molecular weight excluding hydrogens is 226 g/mol. The summed E-state index contributed by atoms with van der Waals surface area (Å²) in [6.45, 7) is 2.02. The molecule has 0 aliphatic carbocycles. The van der Waals surface area contributed by atoms with Crippen molar-refractivity contribution in [3.63, 3.8) is 0 Å². The number of nitro groups is 1. The molecule has 0 saturated heterocycles. The molecule has 0 unspecified atom stereocenters. The lowest BCUT2D eigenvalue weighted by atomic mass is 10.1. The number of nitrogens with one attached hydrogen (secondary N) is 1. The molecule has 3 N–H and O–H groups in total. The highest BCUT2D eigenvalue weighted by atomic mass is 16.6. The fourth-order valence-electron chi connectivity index (χ4n) is 1.29. The maximum Gasteiger partial charge on any atom is 0.296 e. The first-order valence-electron chi connectivity index (χ1n) is 4.84. The van der Waals surface area contributed by atoms with Crippen molar-refractivity contribution >= 4 is 17.3 Å². The highest BCUT2D eigenvalue weighted by Gasteiger charge is 2.19. The number of benzene rings is 1. The van der Waals surface area contributed by atoms with Crippen LogP contribution in [0.15, 0.2) is 12.1 Å². The van der Waals surface area contributed by atoms with Gasteiger partial charge in [-0.05, 0) is 13.0 Å². The quantitative estimate of drug-likeness (QED) is 0.272. The number of methoxy groups -OCH3 is 1. The number of nitrogen functional groups attached to an aromatic ring is 1. The van der Waals surface area contributed by atoms with Crippen LogP contribution in [-0.2, 0) is 4.74 Å². The summed E-state index contributed by atoms with van der Waals surface area (Å²) in [4.78, 5) is 10.2. The lowest BCUT2D eigenvalue weighted by Gasteiger charge is -2.09. The van der Waals surface area contributed by atoms with Gasteiger partial charge in [0.2, 0.25) is 5.90 Å². The second-order valence-electron chi connectivity index (χ2n) is 3.13. The predicted molar refractivity (Wildman–Crippen MR) is 62.5 cm³/mol. The molecule has 0 heterocycles. The van der Waals surface area contributed by atoms with Gasteiger partial charge in [0.1, 0.15) is 5.75 Å². The van der Waals surface area contributed by atoms with Gasteiger partial charge in [0.15, 0.2) is 5.69 Å². The molecule has 0 aliphatic heterocycles. The fraction of sp³-hybridized carbons (Fsp3) is 0.300. The molecule has 0 aromatic heterocycles. The van der Waals surface area contributed by atoms with Gasteiger partial charge < -0.3 is 15.2 Å². The third-order valence-electron chi connectivity index (χ3n) is 2.09. The van der Waals surface area contributed by atoms with E-state index >= 15 is 0 Å². The van der Waals surface area contributed by atoms with E-state index in [-0.39, 0.29) is 28.6 Å². The number of nitrogens with zero attached hydrogens (tertiary/aromatic N) is 1. The van der Waals surface area contributed by atoms with Crippen molar-refractivity contribution in [2.75, 3.05) is 19.5 Å². The minimum absolute atomic E-state index is 0.0643. The zero-order valence-electron chi connectivity index (χ0n) is 9.52. The third kappa shape index (κ3) is 2.63. The summed E-state index contributed by atoms with van der Waals surface area (Å²) in [6, 6.07) is 2.62. The van der Waals surface area contributed by atoms with Gasteiger partial charge in [0.05, 0.1) is 18.6 Å². The molecule has 0 saturated carbocycles. The van der Waals surface area contributed by atoms with Crippen LogP contribution in [0, 0.1) is 15.5 Å². The maximum absolute atomic E-state index is 10.8. The highest BCUT2D eigenvalue weighted by molar-refractivity contribution is 5.94. The number of nitrogens with two attached hydrogens (primary N) is 1. The van der Waals surface area contributed by atoms with Crippen LogP contribution in [0.5, 0.6) is 5.75 Å². The van der Waals surface area contributed by atoms with Crippen LogP contribution >= 0.6 is 0 Å². The van der Waals surface area contributed by atoms with Crippen molar-refractivity contribution in [3.05, 3.63) is 27.8 Å². The van der Waals surface area contributed by atoms with Crippen LogP contribution in [0.3, 0.4) is 0 Å². The summed E-state index contributed by atoms with van der Waals surface area (Å²) in [5.74, 6) is -0.00690. The van der Waals surface area contributed by atoms with E-state index in [1.54, 1.807) is 6.92 Å². The Kier molecular flexibility index (Phi) is 3.86. The van der Waals surface area contributed by atoms with Crippen LogP contribution in [0.1, 0.15) is 12.5 Å². The Morgan fingerprint density at radius 3 is 2.71 bits per heavy atom. The number of rotatable bonds is 4. The van der Waals surface area contributed by atoms with E-state index in [1.807, 2.05) is 0 Å². The normalized spacial score (nSPS) is 9.76. The summed E-state index contributed by atoms with van der Waals surface area (Å²) in [5.41, 5.74) is 5.45. The van der Waals surface area contributed by atoms with Gasteiger partial charge in [-0.3, -0.25) is 15.5 Å². The molecule has 7 nitrogen and oxygen atoms in total. The molecular formula is C10H13N3O4. The van der Waals surface area contributed by atoms with Gasteiger partial charge in [-0.2, -0.15) is 0 Å². The number of hydrogen-bond donors (Lipinski definition) is 2. The van der Waals surface area contributed by atoms with Crippen LogP contribution in [0.2, 0.25) is 0 Å². The van der Waals surface area contributed by atoms with Crippen molar-refractivity contribution in [1.82, 2.24) is 0 Å². The molecule has 92 valence electrons. The summed E-state index contributed by atoms with van der Waals surface area (Å²) in [7, 11) is 1.35. The molecule has 1 rings (SSSR count). The SMILES string of the molecule is CCOC(=N)c1cc(OC)c(N)c([N+](=O)[O-])c1. The maximum atomic E-state index is 10.8. The van der Waals surface area contributed by atoms with Crippen LogP contribution in [0.25, 0.3) is 0 Å². The van der Waals surface area contributed by atoms with Crippen LogP contribution < -0.4 is 10.5 Å². The Hall–Kier alpha value is -2.31. The summed E-state index contributed by atoms with van der Waals surface area (Å²) >= 11 is 0. The number of ether oxygens (including phenoxy) is 2. The molecule has 1 aromatic carbocycles. The van der Waals surface area contributed by atoms with Crippen LogP contribution in [0.4, 0.5) is 11.4 Å². The van der Waals surface area contributed by atoms with E-state index in [9.17, 15) is 10.1 Å². The average molecular weight is 239 g/mol. The van der Waals surface area contributed by atoms with Crippen LogP contribution in [-0.4, -0.2) is 24.5 Å². The largest absolute Gasteiger partial charge is 0.494 e. The molecule has 0 aliphatic rings. The summed E-state index contributed by atoms with van der Waals surface area (Å²) in [6.07, 6.45) is 0. The number of anilines is 1. The first-order chi connectivity index (χ1) is 8.01. The van der Waals surface area contributed by atoms with Crippen molar-refractivity contribution in [3.8, 4) is 5.75 Å². The summed E-state index contributed by atoms with van der Waals surface area (Å²) in [5, 5.41) is 18.3. The highest BCUT2D eigenvalue weighted by Crippen LogP contribution is 2.33. The minimum atomic E-state index is -0.624. The second kappa shape index (κ2) is 5.15. The van der Waals surface area contributed by atoms with Gasteiger partial charge in [-0.1, -0.05) is 0 Å². The molecule has 0 amide bonds. The average Bonchev–Trinajstić information content (AvgIpc) is 2.29. The smallest absolute Gasteiger partial charge is 0.296 e. The molecule has 1 aromatic rings. The molecule has 7 heteroatoms. The Morgan fingerprint density at radius 2 is 2.24 bits per heavy atom. The van der Waals surface area contributed by atoms with Gasteiger partial charge >= 0.3 is 0 Å². The topological polar surface area (TPSA) is 111 Å². The Balaban J connectivity index is 3.29. The lowest BCUT2D eigenvalue weighted by Crippen LogP contribution is -2.07. The minimum Gasteiger partial charge on any atom is -0.494 e. The first-order valence-corrected chi connectivity index (χ1v) is 4.84.